The molecule has 0 aromatic carbocycles. The van der Waals surface area contributed by atoms with E-state index in [9.17, 15) is 4.79 Å². The normalized spacial score (nSPS) is 35.1. The fourth-order valence-electron chi connectivity index (χ4n) is 2.48. The maximum Gasteiger partial charge on any atom is 0.351 e. The number of nitrogens with zero attached hydrogens (tertiary/aromatic N) is 2. The van der Waals surface area contributed by atoms with Crippen LogP contribution in [0.3, 0.4) is 0 Å². The van der Waals surface area contributed by atoms with Crippen molar-refractivity contribution < 1.29 is 18.3 Å². The zero-order valence-corrected chi connectivity index (χ0v) is 16.0. The van der Waals surface area contributed by atoms with E-state index in [1.165, 1.54) is 12.3 Å². The van der Waals surface area contributed by atoms with Gasteiger partial charge in [0.15, 0.2) is 10.6 Å². The molecule has 2 N–H and O–H groups in total. The van der Waals surface area contributed by atoms with E-state index < -0.39 is 35.2 Å². The molecular formula is C12H16Cl2N3O5PS. The number of alkyl halides is 2. The molecule has 2 aliphatic rings. The number of nitrogen functional groups attached to an aromatic ring is 1. The Morgan fingerprint density at radius 2 is 2.29 bits per heavy atom. The second-order valence-corrected chi connectivity index (χ2v) is 10.0. The number of hydrogen-bond donors (Lipinski definition) is 1. The number of halogens is 2. The number of ether oxygens (including phenoxy) is 1. The molecule has 24 heavy (non-hydrogen) atoms. The van der Waals surface area contributed by atoms with E-state index in [0.29, 0.717) is 0 Å². The van der Waals surface area contributed by atoms with E-state index in [2.05, 4.69) is 4.98 Å². The van der Waals surface area contributed by atoms with Gasteiger partial charge < -0.3 is 19.5 Å². The summed E-state index contributed by atoms with van der Waals surface area (Å²) in [5.74, 6) is 0.0850. The first-order valence-electron chi connectivity index (χ1n) is 7.12. The Balaban J connectivity index is 1.90. The van der Waals surface area contributed by atoms with Crippen LogP contribution >= 0.6 is 29.9 Å². The molecule has 4 atom stereocenters. The summed E-state index contributed by atoms with van der Waals surface area (Å²) in [6, 6.07) is 1.44. The summed E-state index contributed by atoms with van der Waals surface area (Å²) in [6.45, 7) is 0.734. The lowest BCUT2D eigenvalue weighted by Crippen LogP contribution is -2.43. The zero-order chi connectivity index (χ0) is 17.7. The molecule has 2 aliphatic heterocycles. The molecule has 12 heteroatoms. The summed E-state index contributed by atoms with van der Waals surface area (Å²) in [6.07, 6.45) is -1.21. The van der Waals surface area contributed by atoms with Gasteiger partial charge in [0.1, 0.15) is 18.0 Å². The van der Waals surface area contributed by atoms with Crippen molar-refractivity contribution in [1.29, 1.82) is 0 Å². The maximum absolute atomic E-state index is 12.1. The highest BCUT2D eigenvalue weighted by Gasteiger charge is 2.61. The maximum atomic E-state index is 12.1. The predicted molar refractivity (Wildman–Crippen MR) is 92.6 cm³/mol. The topological polar surface area (TPSA) is 97.8 Å². The highest BCUT2D eigenvalue weighted by molar-refractivity contribution is 8.07. The predicted octanol–water partition coefficient (Wildman–Crippen LogP) is 1.96. The molecule has 0 bridgehead atoms. The molecular weight excluding hydrogens is 400 g/mol. The van der Waals surface area contributed by atoms with E-state index in [1.54, 1.807) is 0 Å². The standard InChI is InChI=1S/C12H16Cl2N3O5PS/c1-6(2)21-23(24)19-5-7-9(22-23)12(13,14)10(20-7)17-4-3-8(15)16-11(17)18/h3-4,6-7,9-10H,5H2,1-2H3,(H2,15,16,18). The first-order chi connectivity index (χ1) is 11.1. The van der Waals surface area contributed by atoms with Crippen molar-refractivity contribution in [3.05, 3.63) is 22.7 Å². The second-order valence-electron chi connectivity index (χ2n) is 5.67. The third kappa shape index (κ3) is 3.37. The van der Waals surface area contributed by atoms with Crippen molar-refractivity contribution >= 4 is 47.5 Å². The van der Waals surface area contributed by atoms with Gasteiger partial charge in [-0.1, -0.05) is 23.2 Å². The number of rotatable bonds is 3. The van der Waals surface area contributed by atoms with Crippen molar-refractivity contribution in [3.8, 4) is 0 Å². The van der Waals surface area contributed by atoms with Crippen LogP contribution in [0.4, 0.5) is 5.82 Å². The van der Waals surface area contributed by atoms with Crippen LogP contribution in [0.1, 0.15) is 20.1 Å². The van der Waals surface area contributed by atoms with Crippen LogP contribution < -0.4 is 11.4 Å². The molecule has 8 nitrogen and oxygen atoms in total. The molecule has 4 unspecified atom stereocenters. The van der Waals surface area contributed by atoms with Gasteiger partial charge in [-0.15, -0.1) is 0 Å². The zero-order valence-electron chi connectivity index (χ0n) is 12.8. The third-order valence-corrected chi connectivity index (χ3v) is 6.70. The van der Waals surface area contributed by atoms with Crippen LogP contribution in [0.15, 0.2) is 17.1 Å². The third-order valence-electron chi connectivity index (χ3n) is 3.43. The lowest BCUT2D eigenvalue weighted by molar-refractivity contribution is -0.0650. The SMILES string of the molecule is CC(C)OP1(=S)OCC2OC(n3ccc(N)nc3=O)C(Cl)(Cl)C2O1. The summed E-state index contributed by atoms with van der Waals surface area (Å²) < 4.78 is 22.2. The van der Waals surface area contributed by atoms with Gasteiger partial charge in [-0.25, -0.2) is 4.79 Å². The van der Waals surface area contributed by atoms with Gasteiger partial charge in [-0.3, -0.25) is 9.09 Å². The van der Waals surface area contributed by atoms with Crippen LogP contribution in [0, 0.1) is 0 Å². The number of hydrogen-bond acceptors (Lipinski definition) is 8. The summed E-state index contributed by atoms with van der Waals surface area (Å²) in [4.78, 5) is 15.7. The summed E-state index contributed by atoms with van der Waals surface area (Å²) in [5, 5.41) is 0. The Kier molecular flexibility index (Phi) is 5.01. The van der Waals surface area contributed by atoms with Crippen molar-refractivity contribution in [2.75, 3.05) is 12.3 Å². The molecule has 0 radical (unpaired) electrons. The average molecular weight is 416 g/mol. The lowest BCUT2D eigenvalue weighted by Gasteiger charge is -2.36. The van der Waals surface area contributed by atoms with Crippen LogP contribution in [-0.4, -0.2) is 38.8 Å². The number of aromatic nitrogens is 2. The molecule has 1 aromatic rings. The molecule has 2 saturated heterocycles. The van der Waals surface area contributed by atoms with Gasteiger partial charge in [-0.2, -0.15) is 4.98 Å². The second kappa shape index (κ2) is 6.48. The van der Waals surface area contributed by atoms with Gasteiger partial charge in [-0.05, 0) is 31.7 Å². The van der Waals surface area contributed by atoms with Gasteiger partial charge in [0.25, 0.3) is 0 Å². The van der Waals surface area contributed by atoms with E-state index in [0.717, 1.165) is 4.57 Å². The molecule has 0 spiro atoms. The summed E-state index contributed by atoms with van der Waals surface area (Å²) >= 11 is 18.3. The van der Waals surface area contributed by atoms with E-state index in [-0.39, 0.29) is 18.5 Å². The van der Waals surface area contributed by atoms with Crippen molar-refractivity contribution in [2.45, 2.75) is 42.7 Å². The fourth-order valence-corrected chi connectivity index (χ4v) is 5.87. The number of fused-ring (bicyclic) bond motifs is 1. The summed E-state index contributed by atoms with van der Waals surface area (Å²) in [5.41, 5.74) is 4.85. The van der Waals surface area contributed by atoms with E-state index >= 15 is 0 Å². The molecule has 1 aromatic heterocycles. The van der Waals surface area contributed by atoms with E-state index in [1.807, 2.05) is 13.8 Å². The summed E-state index contributed by atoms with van der Waals surface area (Å²) in [7, 11) is 0. The largest absolute Gasteiger partial charge is 0.383 e. The highest BCUT2D eigenvalue weighted by atomic mass is 35.5. The Morgan fingerprint density at radius 3 is 2.92 bits per heavy atom. The van der Waals surface area contributed by atoms with Crippen molar-refractivity contribution in [1.82, 2.24) is 9.55 Å². The fraction of sp³-hybridized carbons (Fsp3) is 0.667. The minimum Gasteiger partial charge on any atom is -0.383 e. The van der Waals surface area contributed by atoms with Gasteiger partial charge in [0.05, 0.1) is 12.7 Å². The quantitative estimate of drug-likeness (QED) is 0.590. The number of nitrogens with two attached hydrogens (primary N) is 1. The van der Waals surface area contributed by atoms with Crippen LogP contribution in [-0.2, 0) is 30.1 Å². The van der Waals surface area contributed by atoms with Crippen LogP contribution in [0.25, 0.3) is 0 Å². The minimum atomic E-state index is -3.00. The van der Waals surface area contributed by atoms with Gasteiger partial charge in [0.2, 0.25) is 0 Å². The molecule has 0 saturated carbocycles. The first kappa shape index (κ1) is 18.5. The monoisotopic (exact) mass is 415 g/mol. The lowest BCUT2D eigenvalue weighted by atomic mass is 10.2. The number of anilines is 1. The smallest absolute Gasteiger partial charge is 0.351 e. The van der Waals surface area contributed by atoms with Crippen molar-refractivity contribution in [2.24, 2.45) is 0 Å². The van der Waals surface area contributed by atoms with E-state index in [4.69, 9.17) is 59.1 Å². The Hall–Kier alpha value is -0.250. The molecule has 3 heterocycles. The molecule has 2 fully saturated rings. The molecule has 134 valence electrons. The average Bonchev–Trinajstić information content (AvgIpc) is 2.69. The molecule has 0 amide bonds. The molecule has 3 rings (SSSR count). The van der Waals surface area contributed by atoms with Crippen LogP contribution in [0.2, 0.25) is 0 Å². The molecule has 0 aliphatic carbocycles. The Labute approximate surface area is 153 Å². The van der Waals surface area contributed by atoms with Crippen LogP contribution in [0.5, 0.6) is 0 Å². The van der Waals surface area contributed by atoms with Crippen molar-refractivity contribution in [3.63, 3.8) is 0 Å². The first-order valence-corrected chi connectivity index (χ1v) is 10.4. The van der Waals surface area contributed by atoms with Gasteiger partial charge in [0, 0.05) is 6.20 Å². The highest BCUT2D eigenvalue weighted by Crippen LogP contribution is 2.61. The Morgan fingerprint density at radius 1 is 1.58 bits per heavy atom. The minimum absolute atomic E-state index is 0.0850. The van der Waals surface area contributed by atoms with Gasteiger partial charge >= 0.3 is 12.4 Å². The Bertz CT molecular complexity index is 746.